The predicted molar refractivity (Wildman–Crippen MR) is 72.3 cm³/mol. The maximum atomic E-state index is 12.4. The highest BCUT2D eigenvalue weighted by Crippen LogP contribution is 2.26. The van der Waals surface area contributed by atoms with Gasteiger partial charge >= 0.3 is 0 Å². The quantitative estimate of drug-likeness (QED) is 0.903. The van der Waals surface area contributed by atoms with Gasteiger partial charge in [-0.05, 0) is 38.5 Å². The predicted octanol–water partition coefficient (Wildman–Crippen LogP) is 2.04. The summed E-state index contributed by atoms with van der Waals surface area (Å²) < 4.78 is 26.1. The van der Waals surface area contributed by atoms with E-state index in [1.807, 2.05) is 6.92 Å². The van der Waals surface area contributed by atoms with E-state index in [0.29, 0.717) is 0 Å². The van der Waals surface area contributed by atoms with Crippen LogP contribution in [0.5, 0.6) is 0 Å². The third-order valence-electron chi connectivity index (χ3n) is 2.57. The Hall–Kier alpha value is -0.620. The summed E-state index contributed by atoms with van der Waals surface area (Å²) in [6.07, 6.45) is 0. The van der Waals surface area contributed by atoms with Gasteiger partial charge in [0.15, 0.2) is 0 Å². The van der Waals surface area contributed by atoms with E-state index in [1.165, 1.54) is 10.4 Å². The van der Waals surface area contributed by atoms with Crippen LogP contribution in [-0.2, 0) is 10.0 Å². The van der Waals surface area contributed by atoms with Gasteiger partial charge in [-0.1, -0.05) is 17.7 Å². The summed E-state index contributed by atoms with van der Waals surface area (Å²) in [7, 11) is -3.67. The van der Waals surface area contributed by atoms with Crippen LogP contribution >= 0.6 is 11.6 Å². The van der Waals surface area contributed by atoms with Crippen molar-refractivity contribution in [2.75, 3.05) is 13.2 Å². The molecular formula is C12H18ClNO3S. The van der Waals surface area contributed by atoms with Crippen LogP contribution in [0.1, 0.15) is 19.4 Å². The first kappa shape index (κ1) is 15.4. The number of nitrogens with zero attached hydrogens (tertiary/aromatic N) is 1. The van der Waals surface area contributed by atoms with E-state index >= 15 is 0 Å². The molecule has 0 amide bonds. The molecule has 0 radical (unpaired) electrons. The van der Waals surface area contributed by atoms with Gasteiger partial charge in [-0.25, -0.2) is 8.42 Å². The summed E-state index contributed by atoms with van der Waals surface area (Å²) in [5.41, 5.74) is 0.900. The molecule has 0 atom stereocenters. The number of benzene rings is 1. The third kappa shape index (κ3) is 3.23. The lowest BCUT2D eigenvalue weighted by Gasteiger charge is -2.25. The lowest BCUT2D eigenvalue weighted by atomic mass is 10.2. The SMILES string of the molecule is Cc1ccc(S(=O)(=O)N(CCO)C(C)C)c(Cl)c1. The number of aryl methyl sites for hydroxylation is 1. The largest absolute Gasteiger partial charge is 0.395 e. The van der Waals surface area contributed by atoms with E-state index < -0.39 is 10.0 Å². The Labute approximate surface area is 113 Å². The molecule has 0 aromatic heterocycles. The van der Waals surface area contributed by atoms with Crippen molar-refractivity contribution in [3.8, 4) is 0 Å². The van der Waals surface area contributed by atoms with Crippen LogP contribution in [0.3, 0.4) is 0 Å². The van der Waals surface area contributed by atoms with E-state index in [1.54, 1.807) is 26.0 Å². The van der Waals surface area contributed by atoms with Crippen molar-refractivity contribution in [1.29, 1.82) is 0 Å². The van der Waals surface area contributed by atoms with Crippen molar-refractivity contribution in [1.82, 2.24) is 4.31 Å². The summed E-state index contributed by atoms with van der Waals surface area (Å²) in [6, 6.07) is 4.58. The highest BCUT2D eigenvalue weighted by atomic mass is 35.5. The first-order valence-corrected chi connectivity index (χ1v) is 7.51. The minimum Gasteiger partial charge on any atom is -0.395 e. The number of rotatable bonds is 5. The molecule has 4 nitrogen and oxygen atoms in total. The fourth-order valence-corrected chi connectivity index (χ4v) is 3.90. The molecule has 0 fully saturated rings. The molecule has 0 aliphatic rings. The van der Waals surface area contributed by atoms with Gasteiger partial charge in [0.2, 0.25) is 10.0 Å². The highest BCUT2D eigenvalue weighted by molar-refractivity contribution is 7.89. The van der Waals surface area contributed by atoms with Crippen LogP contribution < -0.4 is 0 Å². The summed E-state index contributed by atoms with van der Waals surface area (Å²) in [5.74, 6) is 0. The van der Waals surface area contributed by atoms with Crippen molar-refractivity contribution in [2.45, 2.75) is 31.7 Å². The zero-order valence-corrected chi connectivity index (χ0v) is 12.3. The van der Waals surface area contributed by atoms with Crippen molar-refractivity contribution in [3.63, 3.8) is 0 Å². The van der Waals surface area contributed by atoms with Gasteiger partial charge in [0.05, 0.1) is 11.6 Å². The second-order valence-electron chi connectivity index (χ2n) is 4.37. The molecule has 1 rings (SSSR count). The van der Waals surface area contributed by atoms with Gasteiger partial charge < -0.3 is 5.11 Å². The summed E-state index contributed by atoms with van der Waals surface area (Å²) in [5, 5.41) is 9.18. The number of aliphatic hydroxyl groups is 1. The molecule has 0 saturated heterocycles. The van der Waals surface area contributed by atoms with Crippen LogP contribution in [0.15, 0.2) is 23.1 Å². The Balaban J connectivity index is 3.26. The number of halogens is 1. The molecule has 18 heavy (non-hydrogen) atoms. The van der Waals surface area contributed by atoms with Gasteiger partial charge in [0, 0.05) is 12.6 Å². The Bertz CT molecular complexity index is 514. The molecule has 0 heterocycles. The van der Waals surface area contributed by atoms with Crippen molar-refractivity contribution >= 4 is 21.6 Å². The van der Waals surface area contributed by atoms with Gasteiger partial charge in [-0.2, -0.15) is 4.31 Å². The molecule has 0 bridgehead atoms. The number of sulfonamides is 1. The molecule has 0 aliphatic carbocycles. The Morgan fingerprint density at radius 2 is 2.00 bits per heavy atom. The van der Waals surface area contributed by atoms with Crippen LogP contribution in [0.4, 0.5) is 0 Å². The first-order chi connectivity index (χ1) is 8.30. The minimum atomic E-state index is -3.67. The third-order valence-corrected chi connectivity index (χ3v) is 5.13. The molecule has 0 saturated carbocycles. The average molecular weight is 292 g/mol. The van der Waals surface area contributed by atoms with Crippen LogP contribution in [-0.4, -0.2) is 37.0 Å². The lowest BCUT2D eigenvalue weighted by Crippen LogP contribution is -2.39. The topological polar surface area (TPSA) is 57.6 Å². The lowest BCUT2D eigenvalue weighted by molar-refractivity contribution is 0.236. The molecule has 0 unspecified atom stereocenters. The van der Waals surface area contributed by atoms with Gasteiger partial charge in [-0.15, -0.1) is 0 Å². The Kier molecular flexibility index (Phi) is 5.16. The minimum absolute atomic E-state index is 0.0597. The molecule has 6 heteroatoms. The van der Waals surface area contributed by atoms with Crippen LogP contribution in [0.25, 0.3) is 0 Å². The van der Waals surface area contributed by atoms with E-state index in [4.69, 9.17) is 16.7 Å². The standard InChI is InChI=1S/C12H18ClNO3S/c1-9(2)14(6-7-15)18(16,17)12-5-4-10(3)8-11(12)13/h4-5,8-9,15H,6-7H2,1-3H3. The Morgan fingerprint density at radius 1 is 1.39 bits per heavy atom. The van der Waals surface area contributed by atoms with Crippen molar-refractivity contribution in [3.05, 3.63) is 28.8 Å². The van der Waals surface area contributed by atoms with Gasteiger partial charge in [0.1, 0.15) is 4.90 Å². The summed E-state index contributed by atoms with van der Waals surface area (Å²) >= 11 is 5.99. The maximum Gasteiger partial charge on any atom is 0.244 e. The fraction of sp³-hybridized carbons (Fsp3) is 0.500. The molecule has 0 aliphatic heterocycles. The van der Waals surface area contributed by atoms with Crippen LogP contribution in [0.2, 0.25) is 5.02 Å². The first-order valence-electron chi connectivity index (χ1n) is 5.69. The monoisotopic (exact) mass is 291 g/mol. The van der Waals surface area contributed by atoms with Crippen molar-refractivity contribution in [2.24, 2.45) is 0 Å². The van der Waals surface area contributed by atoms with Gasteiger partial charge in [-0.3, -0.25) is 0 Å². The second-order valence-corrected chi connectivity index (χ2v) is 6.63. The van der Waals surface area contributed by atoms with Crippen molar-refractivity contribution < 1.29 is 13.5 Å². The molecular weight excluding hydrogens is 274 g/mol. The molecule has 0 spiro atoms. The molecule has 1 N–H and O–H groups in total. The average Bonchev–Trinajstić information content (AvgIpc) is 2.24. The van der Waals surface area contributed by atoms with Crippen LogP contribution in [0, 0.1) is 6.92 Å². The molecule has 1 aromatic rings. The fourth-order valence-electron chi connectivity index (χ4n) is 1.70. The summed E-state index contributed by atoms with van der Waals surface area (Å²) in [4.78, 5) is 0.0805. The summed E-state index contributed by atoms with van der Waals surface area (Å²) in [6.45, 7) is 5.20. The van der Waals surface area contributed by atoms with E-state index in [-0.39, 0.29) is 29.1 Å². The van der Waals surface area contributed by atoms with E-state index in [0.717, 1.165) is 5.56 Å². The Morgan fingerprint density at radius 3 is 2.44 bits per heavy atom. The second kappa shape index (κ2) is 6.02. The highest BCUT2D eigenvalue weighted by Gasteiger charge is 2.28. The molecule has 102 valence electrons. The zero-order chi connectivity index (χ0) is 13.9. The van der Waals surface area contributed by atoms with Gasteiger partial charge in [0.25, 0.3) is 0 Å². The molecule has 1 aromatic carbocycles. The van der Waals surface area contributed by atoms with E-state index in [9.17, 15) is 8.42 Å². The maximum absolute atomic E-state index is 12.4. The number of hydrogen-bond acceptors (Lipinski definition) is 3. The van der Waals surface area contributed by atoms with E-state index in [2.05, 4.69) is 0 Å². The number of hydrogen-bond donors (Lipinski definition) is 1. The number of aliphatic hydroxyl groups excluding tert-OH is 1. The zero-order valence-electron chi connectivity index (χ0n) is 10.7. The smallest absolute Gasteiger partial charge is 0.244 e. The normalized spacial score (nSPS) is 12.4.